The Labute approximate surface area is 193 Å². The van der Waals surface area contributed by atoms with Gasteiger partial charge in [-0.1, -0.05) is 0 Å². The Bertz CT molecular complexity index is 1280. The van der Waals surface area contributed by atoms with Crippen LogP contribution in [0.2, 0.25) is 0 Å². The van der Waals surface area contributed by atoms with E-state index in [1.54, 1.807) is 40.4 Å². The first-order valence-corrected chi connectivity index (χ1v) is 10.8. The lowest BCUT2D eigenvalue weighted by Gasteiger charge is -2.28. The fourth-order valence-electron chi connectivity index (χ4n) is 4.13. The molecule has 5 rings (SSSR count). The summed E-state index contributed by atoms with van der Waals surface area (Å²) in [6, 6.07) is 5.60. The van der Waals surface area contributed by atoms with Gasteiger partial charge >= 0.3 is 0 Å². The van der Waals surface area contributed by atoms with Crippen molar-refractivity contribution in [1.29, 1.82) is 0 Å². The summed E-state index contributed by atoms with van der Waals surface area (Å²) in [6.45, 7) is 0.753. The zero-order chi connectivity index (χ0) is 24.5. The molecule has 8 nitrogen and oxygen atoms in total. The summed E-state index contributed by atoms with van der Waals surface area (Å²) in [5.41, 5.74) is 9.36. The maximum Gasteiger partial charge on any atom is 0.260 e. The number of nitrogens with one attached hydrogen (secondary N) is 1. The highest BCUT2D eigenvalue weighted by Crippen LogP contribution is 2.31. The number of aromatic nitrogens is 5. The van der Waals surface area contributed by atoms with Gasteiger partial charge < -0.3 is 16.0 Å². The molecule has 0 bridgehead atoms. The van der Waals surface area contributed by atoms with E-state index in [0.717, 1.165) is 23.2 Å². The molecule has 1 saturated heterocycles. The molecule has 5 heterocycles. The summed E-state index contributed by atoms with van der Waals surface area (Å²) in [7, 11) is 3.48. The number of piperidine rings is 1. The third-order valence-corrected chi connectivity index (χ3v) is 5.63. The molecule has 0 atom stereocenters. The Balaban J connectivity index is 0.000000257. The molecule has 0 amide bonds. The molecule has 0 aromatic carbocycles. The second-order valence-corrected chi connectivity index (χ2v) is 8.30. The van der Waals surface area contributed by atoms with Crippen molar-refractivity contribution in [2.75, 3.05) is 38.2 Å². The second kappa shape index (κ2) is 9.45. The number of nitrogens with zero attached hydrogens (tertiary/aromatic N) is 6. The first-order valence-electron chi connectivity index (χ1n) is 10.8. The number of fused-ring (bicyclic) bond motifs is 2. The lowest BCUT2D eigenvalue weighted by atomic mass is 10.1. The van der Waals surface area contributed by atoms with Crippen molar-refractivity contribution < 1.29 is 17.6 Å². The number of hydrogen-bond donors (Lipinski definition) is 2. The first-order chi connectivity index (χ1) is 16.2. The third kappa shape index (κ3) is 5.06. The van der Waals surface area contributed by atoms with E-state index in [4.69, 9.17) is 5.73 Å². The molecule has 1 fully saturated rings. The SMILES string of the molecule is CN1CCCC(F)(F)C1.CNc1nc(N)nn2ccc(-c3ccn4ncc(CC(F)F)c4c3)c12. The Morgan fingerprint density at radius 1 is 1.21 bits per heavy atom. The van der Waals surface area contributed by atoms with Crippen molar-refractivity contribution in [2.24, 2.45) is 0 Å². The molecule has 0 unspecified atom stereocenters. The molecule has 182 valence electrons. The fraction of sp³-hybridized carbons (Fsp3) is 0.409. The van der Waals surface area contributed by atoms with Crippen molar-refractivity contribution in [3.05, 3.63) is 42.4 Å². The van der Waals surface area contributed by atoms with Gasteiger partial charge in [0.05, 0.1) is 18.3 Å². The van der Waals surface area contributed by atoms with E-state index >= 15 is 0 Å². The quantitative estimate of drug-likeness (QED) is 0.434. The van der Waals surface area contributed by atoms with Crippen molar-refractivity contribution >= 4 is 22.8 Å². The van der Waals surface area contributed by atoms with E-state index in [-0.39, 0.29) is 25.3 Å². The number of halogens is 4. The van der Waals surface area contributed by atoms with Gasteiger partial charge in [-0.2, -0.15) is 10.1 Å². The number of alkyl halides is 4. The van der Waals surface area contributed by atoms with Crippen LogP contribution in [0, 0.1) is 0 Å². The van der Waals surface area contributed by atoms with Gasteiger partial charge in [0.15, 0.2) is 5.82 Å². The molecule has 0 radical (unpaired) electrons. The maximum atomic E-state index is 12.8. The van der Waals surface area contributed by atoms with Gasteiger partial charge in [-0.3, -0.25) is 0 Å². The van der Waals surface area contributed by atoms with Crippen molar-refractivity contribution in [3.63, 3.8) is 0 Å². The molecule has 0 saturated carbocycles. The number of likely N-dealkylation sites (tertiary alicyclic amines) is 1. The minimum atomic E-state index is -2.42. The van der Waals surface area contributed by atoms with Crippen LogP contribution in [0.1, 0.15) is 18.4 Å². The highest BCUT2D eigenvalue weighted by molar-refractivity contribution is 5.89. The Kier molecular flexibility index (Phi) is 6.60. The standard InChI is InChI=1S/C16H15F2N7.C6H11F2N/c1-20-15-14-11(3-5-25(14)23-16(19)22-15)9-2-4-24-12(6-9)10(8-21-24)7-13(17)18;1-9-4-2-3-6(7,8)5-9/h2-6,8,13H,7H2,1H3,(H3,19,20,22,23);2-5H2,1H3. The molecule has 4 aromatic rings. The van der Waals surface area contributed by atoms with E-state index in [0.29, 0.717) is 23.3 Å². The zero-order valence-electron chi connectivity index (χ0n) is 18.8. The van der Waals surface area contributed by atoms with Gasteiger partial charge in [0.1, 0.15) is 5.52 Å². The van der Waals surface area contributed by atoms with Crippen LogP contribution in [0.15, 0.2) is 36.8 Å². The molecule has 0 spiro atoms. The fourth-order valence-corrected chi connectivity index (χ4v) is 4.13. The zero-order valence-corrected chi connectivity index (χ0v) is 18.8. The topological polar surface area (TPSA) is 88.8 Å². The molecule has 0 aliphatic carbocycles. The van der Waals surface area contributed by atoms with Crippen LogP contribution in [-0.2, 0) is 6.42 Å². The normalized spacial score (nSPS) is 16.1. The van der Waals surface area contributed by atoms with Gasteiger partial charge in [-0.15, -0.1) is 5.10 Å². The van der Waals surface area contributed by atoms with E-state index in [1.165, 1.54) is 6.20 Å². The monoisotopic (exact) mass is 478 g/mol. The van der Waals surface area contributed by atoms with Crippen LogP contribution in [-0.4, -0.2) is 68.6 Å². The number of nitrogens with two attached hydrogens (primary N) is 1. The summed E-state index contributed by atoms with van der Waals surface area (Å²) in [5, 5.41) is 11.3. The number of nitrogen functional groups attached to an aromatic ring is 1. The second-order valence-electron chi connectivity index (χ2n) is 8.30. The van der Waals surface area contributed by atoms with Crippen molar-refractivity contribution in [2.45, 2.75) is 31.6 Å². The Hall–Kier alpha value is -3.41. The molecule has 34 heavy (non-hydrogen) atoms. The Morgan fingerprint density at radius 2 is 1.97 bits per heavy atom. The van der Waals surface area contributed by atoms with Gasteiger partial charge in [0.2, 0.25) is 12.4 Å². The highest BCUT2D eigenvalue weighted by atomic mass is 19.3. The van der Waals surface area contributed by atoms with Crippen LogP contribution >= 0.6 is 0 Å². The predicted molar refractivity (Wildman–Crippen MR) is 123 cm³/mol. The van der Waals surface area contributed by atoms with Crippen LogP contribution < -0.4 is 11.1 Å². The highest BCUT2D eigenvalue weighted by Gasteiger charge is 2.33. The molecule has 3 N–H and O–H groups in total. The average molecular weight is 478 g/mol. The van der Waals surface area contributed by atoms with Crippen LogP contribution in [0.4, 0.5) is 29.3 Å². The van der Waals surface area contributed by atoms with Gasteiger partial charge in [-0.25, -0.2) is 26.6 Å². The molecule has 1 aliphatic rings. The summed E-state index contributed by atoms with van der Waals surface area (Å²) < 4.78 is 53.6. The van der Waals surface area contributed by atoms with E-state index in [1.807, 2.05) is 18.2 Å². The summed E-state index contributed by atoms with van der Waals surface area (Å²) >= 11 is 0. The van der Waals surface area contributed by atoms with Crippen molar-refractivity contribution in [3.8, 4) is 11.1 Å². The number of rotatable bonds is 4. The molecule has 4 aromatic heterocycles. The van der Waals surface area contributed by atoms with Crippen LogP contribution in [0.3, 0.4) is 0 Å². The van der Waals surface area contributed by atoms with E-state index in [2.05, 4.69) is 20.5 Å². The third-order valence-electron chi connectivity index (χ3n) is 5.63. The lowest BCUT2D eigenvalue weighted by molar-refractivity contribution is -0.0571. The summed E-state index contributed by atoms with van der Waals surface area (Å²) in [6.07, 6.45) is 2.96. The first kappa shape index (κ1) is 23.7. The number of pyridine rings is 1. The lowest BCUT2D eigenvalue weighted by Crippen LogP contribution is -2.39. The minimum absolute atomic E-state index is 0.0625. The van der Waals surface area contributed by atoms with Crippen molar-refractivity contribution in [1.82, 2.24) is 29.1 Å². The smallest absolute Gasteiger partial charge is 0.260 e. The maximum absolute atomic E-state index is 12.8. The van der Waals surface area contributed by atoms with Crippen LogP contribution in [0.25, 0.3) is 22.2 Å². The van der Waals surface area contributed by atoms with E-state index in [9.17, 15) is 17.6 Å². The average Bonchev–Trinajstić information content (AvgIpc) is 3.36. The van der Waals surface area contributed by atoms with Gasteiger partial charge in [0, 0.05) is 43.4 Å². The van der Waals surface area contributed by atoms with Gasteiger partial charge in [-0.05, 0) is 43.8 Å². The largest absolute Gasteiger partial charge is 0.371 e. The van der Waals surface area contributed by atoms with Gasteiger partial charge in [0.25, 0.3) is 5.92 Å². The number of hydrogen-bond acceptors (Lipinski definition) is 6. The number of anilines is 2. The summed E-state index contributed by atoms with van der Waals surface area (Å²) in [5.74, 6) is -1.68. The Morgan fingerprint density at radius 3 is 2.62 bits per heavy atom. The van der Waals surface area contributed by atoms with Crippen LogP contribution in [0.5, 0.6) is 0 Å². The molecular weight excluding hydrogens is 452 g/mol. The molecule has 1 aliphatic heterocycles. The molecular formula is C22H26F4N8. The van der Waals surface area contributed by atoms with E-state index < -0.39 is 12.3 Å². The molecule has 12 heteroatoms. The minimum Gasteiger partial charge on any atom is -0.371 e. The summed E-state index contributed by atoms with van der Waals surface area (Å²) in [4.78, 5) is 5.88. The predicted octanol–water partition coefficient (Wildman–Crippen LogP) is 3.82.